The Kier molecular flexibility index (Phi) is 6.78. The van der Waals surface area contributed by atoms with Gasteiger partial charge in [-0.2, -0.15) is 0 Å². The molecule has 2 heterocycles. The van der Waals surface area contributed by atoms with Crippen LogP contribution in [0, 0.1) is 0 Å². The van der Waals surface area contributed by atoms with E-state index >= 15 is 0 Å². The van der Waals surface area contributed by atoms with Crippen molar-refractivity contribution in [1.82, 2.24) is 9.55 Å². The first-order valence-electron chi connectivity index (χ1n) is 17.2. The molecule has 10 rings (SSSR count). The maximum Gasteiger partial charge on any atom is 0.227 e. The zero-order valence-corrected chi connectivity index (χ0v) is 27.6. The van der Waals surface area contributed by atoms with Crippen LogP contribution in [0.1, 0.15) is 0 Å². The minimum atomic E-state index is 0.598. The van der Waals surface area contributed by atoms with Gasteiger partial charge in [-0.05, 0) is 82.6 Å². The van der Waals surface area contributed by atoms with Crippen LogP contribution in [0.25, 0.3) is 71.9 Å². The van der Waals surface area contributed by atoms with Gasteiger partial charge in [-0.15, -0.1) is 0 Å². The molecule has 4 nitrogen and oxygen atoms in total. The van der Waals surface area contributed by atoms with E-state index in [1.165, 1.54) is 27.1 Å². The zero-order valence-electron chi connectivity index (χ0n) is 27.6. The molecule has 2 aromatic heterocycles. The molecule has 8 aromatic carbocycles. The number of rotatable bonds is 6. The van der Waals surface area contributed by atoms with E-state index in [1.807, 2.05) is 36.4 Å². The van der Waals surface area contributed by atoms with Crippen LogP contribution in [0.2, 0.25) is 0 Å². The summed E-state index contributed by atoms with van der Waals surface area (Å²) >= 11 is 0. The van der Waals surface area contributed by atoms with Gasteiger partial charge in [0.2, 0.25) is 5.89 Å². The Morgan fingerprint density at radius 2 is 1.10 bits per heavy atom. The van der Waals surface area contributed by atoms with Crippen LogP contribution in [0.3, 0.4) is 0 Å². The van der Waals surface area contributed by atoms with Gasteiger partial charge in [0.05, 0.1) is 22.4 Å². The van der Waals surface area contributed by atoms with Crippen LogP contribution < -0.4 is 4.90 Å². The topological polar surface area (TPSA) is 34.2 Å². The Morgan fingerprint density at radius 1 is 0.471 bits per heavy atom. The molecule has 0 N–H and O–H groups in total. The molecule has 0 amide bonds. The highest BCUT2D eigenvalue weighted by atomic mass is 16.3. The van der Waals surface area contributed by atoms with Gasteiger partial charge in [0.15, 0.2) is 5.58 Å². The van der Waals surface area contributed by atoms with E-state index in [9.17, 15) is 0 Å². The Morgan fingerprint density at radius 3 is 1.88 bits per heavy atom. The van der Waals surface area contributed by atoms with Crippen LogP contribution in [-0.4, -0.2) is 9.55 Å². The van der Waals surface area contributed by atoms with E-state index in [2.05, 4.69) is 161 Å². The monoisotopic (exact) mass is 653 g/mol. The Labute approximate surface area is 295 Å². The highest BCUT2D eigenvalue weighted by molar-refractivity contribution is 6.24. The smallest absolute Gasteiger partial charge is 0.227 e. The number of aromatic nitrogens is 2. The third kappa shape index (κ3) is 4.80. The molecule has 0 fully saturated rings. The van der Waals surface area contributed by atoms with Crippen molar-refractivity contribution in [3.05, 3.63) is 188 Å². The fourth-order valence-electron chi connectivity index (χ4n) is 7.50. The van der Waals surface area contributed by atoms with Gasteiger partial charge < -0.3 is 13.9 Å². The molecule has 4 heteroatoms. The van der Waals surface area contributed by atoms with Crippen molar-refractivity contribution in [2.24, 2.45) is 0 Å². The van der Waals surface area contributed by atoms with Gasteiger partial charge in [-0.25, -0.2) is 4.98 Å². The molecule has 0 saturated carbocycles. The van der Waals surface area contributed by atoms with Crippen molar-refractivity contribution in [2.45, 2.75) is 0 Å². The maximum atomic E-state index is 6.69. The molecule has 0 atom stereocenters. The Bertz CT molecular complexity index is 2840. The Hall–Kier alpha value is -6.91. The minimum absolute atomic E-state index is 0.598. The first kappa shape index (κ1) is 29.0. The lowest BCUT2D eigenvalue weighted by atomic mass is 10.0. The van der Waals surface area contributed by atoms with Gasteiger partial charge in [0.1, 0.15) is 5.52 Å². The number of fused-ring (bicyclic) bond motifs is 6. The van der Waals surface area contributed by atoms with Gasteiger partial charge >= 0.3 is 0 Å². The summed E-state index contributed by atoms with van der Waals surface area (Å²) < 4.78 is 9.10. The van der Waals surface area contributed by atoms with Gasteiger partial charge in [0, 0.05) is 27.7 Å². The molecule has 10 aromatic rings. The van der Waals surface area contributed by atoms with E-state index < -0.39 is 0 Å². The minimum Gasteiger partial charge on any atom is -0.434 e. The second kappa shape index (κ2) is 11.9. The largest absolute Gasteiger partial charge is 0.434 e. The molecule has 0 saturated heterocycles. The fraction of sp³-hybridized carbons (Fsp3) is 0. The highest BCUT2D eigenvalue weighted by Crippen LogP contribution is 2.47. The molecule has 0 bridgehead atoms. The summed E-state index contributed by atoms with van der Waals surface area (Å²) in [5.41, 5.74) is 11.2. The summed E-state index contributed by atoms with van der Waals surface area (Å²) in [6.07, 6.45) is 0. The van der Waals surface area contributed by atoms with Crippen molar-refractivity contribution in [3.63, 3.8) is 0 Å². The maximum absolute atomic E-state index is 6.69. The lowest BCUT2D eigenvalue weighted by Gasteiger charge is -2.27. The van der Waals surface area contributed by atoms with Gasteiger partial charge in [-0.3, -0.25) is 0 Å². The van der Waals surface area contributed by atoms with Gasteiger partial charge in [-0.1, -0.05) is 127 Å². The third-order valence-corrected chi connectivity index (χ3v) is 9.80. The van der Waals surface area contributed by atoms with Crippen molar-refractivity contribution in [2.75, 3.05) is 4.90 Å². The van der Waals surface area contributed by atoms with Crippen LogP contribution in [0.5, 0.6) is 0 Å². The SMILES string of the molecule is c1ccc(-c2ccc(N(c3cccc4nc(-c5ccccc5)oc34)c3cccc4c5c6ccccc6ccc5n(-c5ccccc5)c34)cc2)cc1. The molecule has 240 valence electrons. The molecular formula is C47H31N3O. The summed E-state index contributed by atoms with van der Waals surface area (Å²) in [6, 6.07) is 66.2. The Balaban J connectivity index is 1.29. The van der Waals surface area contributed by atoms with E-state index in [0.29, 0.717) is 5.89 Å². The predicted octanol–water partition coefficient (Wildman–Crippen LogP) is 12.9. The molecule has 0 aliphatic carbocycles. The quantitative estimate of drug-likeness (QED) is 0.179. The molecule has 0 aliphatic rings. The lowest BCUT2D eigenvalue weighted by molar-refractivity contribution is 0.620. The molecule has 51 heavy (non-hydrogen) atoms. The first-order valence-corrected chi connectivity index (χ1v) is 17.2. The van der Waals surface area contributed by atoms with E-state index in [0.717, 1.165) is 56.0 Å². The van der Waals surface area contributed by atoms with Crippen LogP contribution in [0.15, 0.2) is 192 Å². The first-order chi connectivity index (χ1) is 25.3. The fourth-order valence-corrected chi connectivity index (χ4v) is 7.50. The summed E-state index contributed by atoms with van der Waals surface area (Å²) in [5.74, 6) is 0.598. The molecular weight excluding hydrogens is 623 g/mol. The number of hydrogen-bond acceptors (Lipinski definition) is 3. The average Bonchev–Trinajstić information content (AvgIpc) is 3.80. The highest BCUT2D eigenvalue weighted by Gasteiger charge is 2.25. The number of hydrogen-bond donors (Lipinski definition) is 0. The third-order valence-electron chi connectivity index (χ3n) is 9.80. The van der Waals surface area contributed by atoms with Crippen molar-refractivity contribution in [3.8, 4) is 28.3 Å². The molecule has 0 spiro atoms. The number of oxazole rings is 1. The number of para-hydroxylation sites is 3. The standard InChI is InChI=1S/C47H31N3O/c1-4-14-32(15-5-1)33-26-29-37(30-27-33)49(43-25-13-23-40-46(43)51-47(48-40)35-17-6-2-7-18-35)42-24-12-22-39-44-38-21-11-10-16-34(38)28-31-41(44)50(45(39)42)36-19-8-3-9-20-36/h1-31H. The number of nitrogens with zero attached hydrogens (tertiary/aromatic N) is 3. The van der Waals surface area contributed by atoms with Crippen LogP contribution in [-0.2, 0) is 0 Å². The second-order valence-electron chi connectivity index (χ2n) is 12.8. The number of benzene rings is 8. The normalized spacial score (nSPS) is 11.5. The second-order valence-corrected chi connectivity index (χ2v) is 12.8. The summed E-state index contributed by atoms with van der Waals surface area (Å²) in [4.78, 5) is 7.30. The van der Waals surface area contributed by atoms with Crippen molar-refractivity contribution < 1.29 is 4.42 Å². The molecule has 0 aliphatic heterocycles. The average molecular weight is 654 g/mol. The summed E-state index contributed by atoms with van der Waals surface area (Å²) in [6.45, 7) is 0. The van der Waals surface area contributed by atoms with Crippen LogP contribution in [0.4, 0.5) is 17.1 Å². The van der Waals surface area contributed by atoms with Crippen molar-refractivity contribution >= 4 is 60.7 Å². The summed E-state index contributed by atoms with van der Waals surface area (Å²) in [7, 11) is 0. The number of anilines is 3. The molecule has 0 unspecified atom stereocenters. The van der Waals surface area contributed by atoms with Gasteiger partial charge in [0.25, 0.3) is 0 Å². The van der Waals surface area contributed by atoms with E-state index in [1.54, 1.807) is 0 Å². The summed E-state index contributed by atoms with van der Waals surface area (Å²) in [5, 5.41) is 4.87. The van der Waals surface area contributed by atoms with E-state index in [-0.39, 0.29) is 0 Å². The van der Waals surface area contributed by atoms with E-state index in [4.69, 9.17) is 9.40 Å². The predicted molar refractivity (Wildman–Crippen MR) is 211 cm³/mol. The molecule has 0 radical (unpaired) electrons. The lowest BCUT2D eigenvalue weighted by Crippen LogP contribution is -2.12. The zero-order chi connectivity index (χ0) is 33.7. The van der Waals surface area contributed by atoms with Crippen molar-refractivity contribution in [1.29, 1.82) is 0 Å². The van der Waals surface area contributed by atoms with Crippen LogP contribution >= 0.6 is 0 Å².